The van der Waals surface area contributed by atoms with Crippen LogP contribution < -0.4 is 5.32 Å². The quantitative estimate of drug-likeness (QED) is 0.552. The number of benzene rings is 1. The highest BCUT2D eigenvalue weighted by Gasteiger charge is 2.22. The largest absolute Gasteiger partial charge is 0.386 e. The van der Waals surface area contributed by atoms with Crippen LogP contribution in [0.25, 0.3) is 10.9 Å². The van der Waals surface area contributed by atoms with Crippen molar-refractivity contribution in [1.29, 1.82) is 0 Å². The molecule has 0 amide bonds. The van der Waals surface area contributed by atoms with Crippen LogP contribution in [-0.4, -0.2) is 15.1 Å². The fourth-order valence-corrected chi connectivity index (χ4v) is 4.01. The second-order valence-corrected chi connectivity index (χ2v) is 8.08. The minimum Gasteiger partial charge on any atom is -0.386 e. The molecule has 4 nitrogen and oxygen atoms in total. The number of rotatable bonds is 4. The van der Waals surface area contributed by atoms with Crippen molar-refractivity contribution >= 4 is 22.4 Å². The highest BCUT2D eigenvalue weighted by Crippen LogP contribution is 2.34. The van der Waals surface area contributed by atoms with Gasteiger partial charge in [0.25, 0.3) is 0 Å². The average molecular weight is 367 g/mol. The maximum atomic E-state index is 14.3. The molecule has 1 saturated carbocycles. The van der Waals surface area contributed by atoms with E-state index < -0.39 is 11.4 Å². The highest BCUT2D eigenvalue weighted by molar-refractivity contribution is 5.94. The van der Waals surface area contributed by atoms with Crippen LogP contribution in [0.15, 0.2) is 36.7 Å². The number of nitrogens with zero attached hydrogens (tertiary/aromatic N) is 1. The van der Waals surface area contributed by atoms with Crippen molar-refractivity contribution in [3.05, 3.63) is 53.6 Å². The number of hydrogen-bond acceptors (Lipinski definition) is 3. The Balaban J connectivity index is 1.59. The highest BCUT2D eigenvalue weighted by atomic mass is 19.1. The van der Waals surface area contributed by atoms with Crippen molar-refractivity contribution < 1.29 is 9.50 Å². The van der Waals surface area contributed by atoms with E-state index in [1.807, 2.05) is 12.3 Å². The van der Waals surface area contributed by atoms with Gasteiger partial charge < -0.3 is 15.4 Å². The predicted molar refractivity (Wildman–Crippen MR) is 107 cm³/mol. The molecule has 0 unspecified atom stereocenters. The molecular weight excluding hydrogens is 341 g/mol. The Kier molecular flexibility index (Phi) is 4.64. The zero-order chi connectivity index (χ0) is 19.0. The monoisotopic (exact) mass is 367 g/mol. The number of pyridine rings is 1. The van der Waals surface area contributed by atoms with Crippen molar-refractivity contribution in [2.24, 2.45) is 0 Å². The van der Waals surface area contributed by atoms with E-state index in [0.717, 1.165) is 16.9 Å². The van der Waals surface area contributed by atoms with Crippen molar-refractivity contribution in [2.75, 3.05) is 5.32 Å². The van der Waals surface area contributed by atoms with Crippen LogP contribution in [0.5, 0.6) is 0 Å². The zero-order valence-corrected chi connectivity index (χ0v) is 15.8. The molecule has 3 aromatic rings. The number of aromatic nitrogens is 2. The van der Waals surface area contributed by atoms with Crippen molar-refractivity contribution in [2.45, 2.75) is 57.5 Å². The normalized spacial score (nSPS) is 16.0. The number of aromatic amines is 1. The first kappa shape index (κ1) is 18.0. The molecule has 0 aliphatic heterocycles. The van der Waals surface area contributed by atoms with Crippen LogP contribution >= 0.6 is 0 Å². The van der Waals surface area contributed by atoms with Gasteiger partial charge in [0.2, 0.25) is 0 Å². The molecule has 5 heteroatoms. The molecule has 0 saturated heterocycles. The maximum absolute atomic E-state index is 14.3. The molecule has 1 fully saturated rings. The number of fused-ring (bicyclic) bond motifs is 1. The maximum Gasteiger partial charge on any atom is 0.131 e. The summed E-state index contributed by atoms with van der Waals surface area (Å²) < 4.78 is 14.3. The van der Waals surface area contributed by atoms with Gasteiger partial charge >= 0.3 is 0 Å². The number of anilines is 2. The van der Waals surface area contributed by atoms with E-state index in [-0.39, 0.29) is 5.56 Å². The SMILES string of the molecule is CC(C)(O)c1cc2c(Nc3ccc(C4CCCCC4)cn3)c[nH]c2cc1F. The Morgan fingerprint density at radius 3 is 2.63 bits per heavy atom. The first-order valence-electron chi connectivity index (χ1n) is 9.68. The summed E-state index contributed by atoms with van der Waals surface area (Å²) in [7, 11) is 0. The molecule has 0 radical (unpaired) electrons. The molecular formula is C22H26FN3O. The third-order valence-corrected chi connectivity index (χ3v) is 5.55. The third kappa shape index (κ3) is 3.69. The summed E-state index contributed by atoms with van der Waals surface area (Å²) in [5.41, 5.74) is 1.84. The van der Waals surface area contributed by atoms with Gasteiger partial charge in [-0.1, -0.05) is 25.3 Å². The van der Waals surface area contributed by atoms with E-state index in [9.17, 15) is 9.50 Å². The number of hydrogen-bond donors (Lipinski definition) is 3. The summed E-state index contributed by atoms with van der Waals surface area (Å²) in [5, 5.41) is 14.4. The lowest BCUT2D eigenvalue weighted by Crippen LogP contribution is -2.17. The molecule has 2 aromatic heterocycles. The fourth-order valence-electron chi connectivity index (χ4n) is 4.01. The fraction of sp³-hybridized carbons (Fsp3) is 0.409. The molecule has 2 heterocycles. The van der Waals surface area contributed by atoms with Crippen LogP contribution in [0, 0.1) is 5.82 Å². The first-order valence-corrected chi connectivity index (χ1v) is 9.68. The molecule has 0 spiro atoms. The standard InChI is InChI=1S/C22H26FN3O/c1-22(2,27)17-10-16-19(11-18(17)23)24-13-20(16)26-21-9-8-15(12-25-21)14-6-4-3-5-7-14/h8-14,24,27H,3-7H2,1-2H3,(H,25,26). The Hall–Kier alpha value is -2.40. The van der Waals surface area contributed by atoms with E-state index in [2.05, 4.69) is 21.4 Å². The van der Waals surface area contributed by atoms with E-state index >= 15 is 0 Å². The van der Waals surface area contributed by atoms with Gasteiger partial charge in [-0.3, -0.25) is 0 Å². The molecule has 3 N–H and O–H groups in total. The van der Waals surface area contributed by atoms with Gasteiger partial charge in [0.1, 0.15) is 11.6 Å². The second-order valence-electron chi connectivity index (χ2n) is 8.08. The number of halogens is 1. The van der Waals surface area contributed by atoms with Gasteiger partial charge in [0.15, 0.2) is 0 Å². The Labute approximate surface area is 158 Å². The van der Waals surface area contributed by atoms with Crippen LogP contribution in [0.4, 0.5) is 15.9 Å². The van der Waals surface area contributed by atoms with Gasteiger partial charge in [0, 0.05) is 23.3 Å². The Morgan fingerprint density at radius 1 is 1.19 bits per heavy atom. The predicted octanol–water partition coefficient (Wildman–Crippen LogP) is 5.72. The number of nitrogens with one attached hydrogen (secondary N) is 2. The molecule has 27 heavy (non-hydrogen) atoms. The van der Waals surface area contributed by atoms with Crippen LogP contribution in [0.2, 0.25) is 0 Å². The summed E-state index contributed by atoms with van der Waals surface area (Å²) in [4.78, 5) is 7.65. The van der Waals surface area contributed by atoms with Crippen molar-refractivity contribution in [3.8, 4) is 0 Å². The average Bonchev–Trinajstić information content (AvgIpc) is 3.03. The van der Waals surface area contributed by atoms with Gasteiger partial charge in [-0.25, -0.2) is 9.37 Å². The summed E-state index contributed by atoms with van der Waals surface area (Å²) >= 11 is 0. The first-order chi connectivity index (χ1) is 12.9. The Bertz CT molecular complexity index is 935. The minimum atomic E-state index is -1.24. The topological polar surface area (TPSA) is 60.9 Å². The number of H-pyrrole nitrogens is 1. The van der Waals surface area contributed by atoms with Crippen LogP contribution in [0.3, 0.4) is 0 Å². The molecule has 0 atom stereocenters. The molecule has 1 aliphatic rings. The van der Waals surface area contributed by atoms with Crippen LogP contribution in [-0.2, 0) is 5.60 Å². The molecule has 4 rings (SSSR count). The number of aliphatic hydroxyl groups is 1. The summed E-state index contributed by atoms with van der Waals surface area (Å²) in [6.07, 6.45) is 10.2. The second kappa shape index (κ2) is 6.97. The van der Waals surface area contributed by atoms with Crippen LogP contribution in [0.1, 0.15) is 63.0 Å². The van der Waals surface area contributed by atoms with E-state index in [1.165, 1.54) is 43.7 Å². The summed E-state index contributed by atoms with van der Waals surface area (Å²) in [6, 6.07) is 7.28. The lowest BCUT2D eigenvalue weighted by molar-refractivity contribution is 0.0747. The van der Waals surface area contributed by atoms with Gasteiger partial charge in [-0.2, -0.15) is 0 Å². The minimum absolute atomic E-state index is 0.276. The summed E-state index contributed by atoms with van der Waals surface area (Å²) in [6.45, 7) is 3.17. The van der Waals surface area contributed by atoms with E-state index in [1.54, 1.807) is 26.1 Å². The van der Waals surface area contributed by atoms with Gasteiger partial charge in [-0.15, -0.1) is 0 Å². The van der Waals surface area contributed by atoms with Crippen molar-refractivity contribution in [1.82, 2.24) is 9.97 Å². The summed E-state index contributed by atoms with van der Waals surface area (Å²) in [5.74, 6) is 0.966. The van der Waals surface area contributed by atoms with E-state index in [4.69, 9.17) is 0 Å². The molecule has 1 aromatic carbocycles. The third-order valence-electron chi connectivity index (χ3n) is 5.55. The molecule has 142 valence electrons. The Morgan fingerprint density at radius 2 is 1.96 bits per heavy atom. The lowest BCUT2D eigenvalue weighted by Gasteiger charge is -2.21. The van der Waals surface area contributed by atoms with Gasteiger partial charge in [0.05, 0.1) is 16.8 Å². The van der Waals surface area contributed by atoms with E-state index in [0.29, 0.717) is 11.4 Å². The zero-order valence-electron chi connectivity index (χ0n) is 15.8. The molecule has 1 aliphatic carbocycles. The lowest BCUT2D eigenvalue weighted by atomic mass is 9.85. The molecule has 0 bridgehead atoms. The van der Waals surface area contributed by atoms with Gasteiger partial charge in [-0.05, 0) is 56.4 Å². The smallest absolute Gasteiger partial charge is 0.131 e. The van der Waals surface area contributed by atoms with Crippen molar-refractivity contribution in [3.63, 3.8) is 0 Å².